The van der Waals surface area contributed by atoms with Crippen LogP contribution in [0.4, 0.5) is 5.13 Å². The molecule has 0 unspecified atom stereocenters. The predicted molar refractivity (Wildman–Crippen MR) is 96.5 cm³/mol. The number of rotatable bonds is 3. The van der Waals surface area contributed by atoms with E-state index in [1.807, 2.05) is 55.5 Å². The van der Waals surface area contributed by atoms with Crippen molar-refractivity contribution in [2.75, 3.05) is 11.4 Å². The van der Waals surface area contributed by atoms with E-state index in [1.54, 1.807) is 4.90 Å². The van der Waals surface area contributed by atoms with Crippen molar-refractivity contribution >= 4 is 43.6 Å². The summed E-state index contributed by atoms with van der Waals surface area (Å²) in [5.41, 5.74) is 2.71. The second-order valence-electron chi connectivity index (χ2n) is 5.26. The van der Waals surface area contributed by atoms with Gasteiger partial charge in [0, 0.05) is 6.54 Å². The fraction of sp³-hybridized carbons (Fsp3) is 0.111. The zero-order valence-corrected chi connectivity index (χ0v) is 13.8. The smallest absolute Gasteiger partial charge is 0.280 e. The van der Waals surface area contributed by atoms with E-state index < -0.39 is 0 Å². The number of para-hydroxylation sites is 3. The maximum absolute atomic E-state index is 12.9. The average molecular weight is 334 g/mol. The molecule has 0 saturated carbocycles. The van der Waals surface area contributed by atoms with E-state index in [1.165, 1.54) is 17.5 Å². The standard InChI is InChI=1S/C18H14N4OS/c1-2-22(18-21-14-9-5-6-10-16(14)24-18)17(23)15-11-19-12-7-3-4-8-13(12)20-15/h3-11H,2H2,1H3. The summed E-state index contributed by atoms with van der Waals surface area (Å²) >= 11 is 1.50. The van der Waals surface area contributed by atoms with Crippen molar-refractivity contribution in [2.45, 2.75) is 6.92 Å². The molecule has 24 heavy (non-hydrogen) atoms. The second kappa shape index (κ2) is 5.98. The van der Waals surface area contributed by atoms with Crippen molar-refractivity contribution in [3.8, 4) is 0 Å². The number of thiazole rings is 1. The van der Waals surface area contributed by atoms with Crippen LogP contribution in [0.3, 0.4) is 0 Å². The summed E-state index contributed by atoms with van der Waals surface area (Å²) in [6.45, 7) is 2.45. The quantitative estimate of drug-likeness (QED) is 0.570. The van der Waals surface area contributed by atoms with Gasteiger partial charge in [0.1, 0.15) is 5.69 Å². The summed E-state index contributed by atoms with van der Waals surface area (Å²) in [5.74, 6) is -0.185. The van der Waals surface area contributed by atoms with E-state index in [0.29, 0.717) is 22.9 Å². The van der Waals surface area contributed by atoms with Crippen LogP contribution in [-0.2, 0) is 0 Å². The van der Waals surface area contributed by atoms with Gasteiger partial charge in [-0.25, -0.2) is 9.97 Å². The fourth-order valence-electron chi connectivity index (χ4n) is 2.54. The highest BCUT2D eigenvalue weighted by Gasteiger charge is 2.21. The highest BCUT2D eigenvalue weighted by molar-refractivity contribution is 7.22. The molecule has 2 aromatic heterocycles. The molecule has 0 fully saturated rings. The van der Waals surface area contributed by atoms with Crippen LogP contribution in [0, 0.1) is 0 Å². The molecule has 0 aliphatic rings. The molecule has 118 valence electrons. The summed E-state index contributed by atoms with van der Waals surface area (Å²) in [4.78, 5) is 27.9. The van der Waals surface area contributed by atoms with Gasteiger partial charge in [0.05, 0.1) is 27.4 Å². The van der Waals surface area contributed by atoms with Crippen LogP contribution in [0.25, 0.3) is 21.3 Å². The van der Waals surface area contributed by atoms with E-state index in [2.05, 4.69) is 15.0 Å². The third-order valence-electron chi connectivity index (χ3n) is 3.74. The fourth-order valence-corrected chi connectivity index (χ4v) is 3.57. The van der Waals surface area contributed by atoms with Crippen LogP contribution in [0.5, 0.6) is 0 Å². The molecule has 4 rings (SSSR count). The minimum atomic E-state index is -0.185. The first kappa shape index (κ1) is 14.7. The lowest BCUT2D eigenvalue weighted by Crippen LogP contribution is -2.31. The molecule has 0 radical (unpaired) electrons. The van der Waals surface area contributed by atoms with Gasteiger partial charge in [-0.15, -0.1) is 0 Å². The first-order chi connectivity index (χ1) is 11.8. The summed E-state index contributed by atoms with van der Waals surface area (Å²) in [7, 11) is 0. The molecule has 0 spiro atoms. The molecule has 6 heteroatoms. The number of amides is 1. The van der Waals surface area contributed by atoms with Crippen LogP contribution in [-0.4, -0.2) is 27.4 Å². The molecule has 0 aliphatic carbocycles. The van der Waals surface area contributed by atoms with Gasteiger partial charge in [0.2, 0.25) is 0 Å². The molecule has 0 bridgehead atoms. The van der Waals surface area contributed by atoms with Crippen LogP contribution < -0.4 is 4.90 Å². The molecule has 5 nitrogen and oxygen atoms in total. The van der Waals surface area contributed by atoms with Crippen LogP contribution in [0.15, 0.2) is 54.7 Å². The number of carbonyl (C=O) groups is 1. The first-order valence-electron chi connectivity index (χ1n) is 7.65. The van der Waals surface area contributed by atoms with Gasteiger partial charge in [-0.2, -0.15) is 0 Å². The third-order valence-corrected chi connectivity index (χ3v) is 4.80. The van der Waals surface area contributed by atoms with Gasteiger partial charge in [0.25, 0.3) is 5.91 Å². The average Bonchev–Trinajstić information content (AvgIpc) is 3.05. The SMILES string of the molecule is CCN(C(=O)c1cnc2ccccc2n1)c1nc2ccccc2s1. The van der Waals surface area contributed by atoms with Crippen LogP contribution >= 0.6 is 11.3 Å². The number of anilines is 1. The van der Waals surface area contributed by atoms with Crippen molar-refractivity contribution in [1.82, 2.24) is 15.0 Å². The minimum absolute atomic E-state index is 0.185. The van der Waals surface area contributed by atoms with E-state index >= 15 is 0 Å². The Hall–Kier alpha value is -2.86. The van der Waals surface area contributed by atoms with E-state index in [-0.39, 0.29) is 5.91 Å². The molecule has 0 N–H and O–H groups in total. The van der Waals surface area contributed by atoms with E-state index in [0.717, 1.165) is 15.7 Å². The van der Waals surface area contributed by atoms with Gasteiger partial charge in [-0.3, -0.25) is 14.7 Å². The third kappa shape index (κ3) is 2.51. The maximum atomic E-state index is 12.9. The van der Waals surface area contributed by atoms with E-state index in [4.69, 9.17) is 0 Å². The summed E-state index contributed by atoms with van der Waals surface area (Å²) < 4.78 is 1.06. The Morgan fingerprint density at radius 3 is 2.46 bits per heavy atom. The van der Waals surface area contributed by atoms with Gasteiger partial charge in [-0.05, 0) is 31.2 Å². The zero-order chi connectivity index (χ0) is 16.5. The number of carbonyl (C=O) groups excluding carboxylic acids is 1. The molecule has 0 saturated heterocycles. The molecule has 0 atom stereocenters. The molecule has 4 aromatic rings. The Kier molecular flexibility index (Phi) is 3.66. The van der Waals surface area contributed by atoms with Crippen molar-refractivity contribution in [3.05, 3.63) is 60.4 Å². The number of hydrogen-bond donors (Lipinski definition) is 0. The number of benzene rings is 2. The van der Waals surface area contributed by atoms with Gasteiger partial charge < -0.3 is 0 Å². The maximum Gasteiger partial charge on any atom is 0.280 e. The highest BCUT2D eigenvalue weighted by atomic mass is 32.1. The Morgan fingerprint density at radius 2 is 1.71 bits per heavy atom. The summed E-state index contributed by atoms with van der Waals surface area (Å²) in [6, 6.07) is 15.4. The first-order valence-corrected chi connectivity index (χ1v) is 8.47. The normalized spacial score (nSPS) is 11.0. The Balaban J connectivity index is 1.74. The Morgan fingerprint density at radius 1 is 1.00 bits per heavy atom. The molecule has 2 aromatic carbocycles. The number of aromatic nitrogens is 3. The van der Waals surface area contributed by atoms with Crippen molar-refractivity contribution < 1.29 is 4.79 Å². The van der Waals surface area contributed by atoms with Gasteiger partial charge in [-0.1, -0.05) is 35.6 Å². The summed E-state index contributed by atoms with van der Waals surface area (Å²) in [5, 5.41) is 0.679. The number of nitrogens with zero attached hydrogens (tertiary/aromatic N) is 4. The molecule has 1 amide bonds. The monoisotopic (exact) mass is 334 g/mol. The lowest BCUT2D eigenvalue weighted by Gasteiger charge is -2.16. The number of fused-ring (bicyclic) bond motifs is 2. The summed E-state index contributed by atoms with van der Waals surface area (Å²) in [6.07, 6.45) is 1.53. The molecule has 0 aliphatic heterocycles. The lowest BCUT2D eigenvalue weighted by molar-refractivity contribution is 0.0983. The van der Waals surface area contributed by atoms with Gasteiger partial charge in [0.15, 0.2) is 5.13 Å². The Labute approximate surface area is 142 Å². The van der Waals surface area contributed by atoms with Crippen molar-refractivity contribution in [2.24, 2.45) is 0 Å². The predicted octanol–water partition coefficient (Wildman–Crippen LogP) is 3.91. The minimum Gasteiger partial charge on any atom is -0.283 e. The van der Waals surface area contributed by atoms with E-state index in [9.17, 15) is 4.79 Å². The second-order valence-corrected chi connectivity index (χ2v) is 6.27. The topological polar surface area (TPSA) is 59.0 Å². The van der Waals surface area contributed by atoms with Crippen molar-refractivity contribution in [1.29, 1.82) is 0 Å². The largest absolute Gasteiger partial charge is 0.283 e. The zero-order valence-electron chi connectivity index (χ0n) is 13.0. The lowest BCUT2D eigenvalue weighted by atomic mass is 10.3. The van der Waals surface area contributed by atoms with Crippen LogP contribution in [0.1, 0.15) is 17.4 Å². The highest BCUT2D eigenvalue weighted by Crippen LogP contribution is 2.29. The number of hydrogen-bond acceptors (Lipinski definition) is 5. The van der Waals surface area contributed by atoms with Crippen molar-refractivity contribution in [3.63, 3.8) is 0 Å². The molecular weight excluding hydrogens is 320 g/mol. The van der Waals surface area contributed by atoms with Gasteiger partial charge >= 0.3 is 0 Å². The Bertz CT molecular complexity index is 1010. The molecular formula is C18H14N4OS. The molecule has 2 heterocycles. The van der Waals surface area contributed by atoms with Crippen LogP contribution in [0.2, 0.25) is 0 Å².